The van der Waals surface area contributed by atoms with E-state index in [0.29, 0.717) is 48.9 Å². The van der Waals surface area contributed by atoms with E-state index in [1.165, 1.54) is 0 Å². The number of carbonyl (C=O) groups is 1. The maximum absolute atomic E-state index is 15.7. The van der Waals surface area contributed by atoms with Crippen LogP contribution in [0.2, 0.25) is 10.0 Å². The number of carbonyl (C=O) groups excluding carboxylic acids is 1. The van der Waals surface area contributed by atoms with Gasteiger partial charge in [0.15, 0.2) is 11.6 Å². The molecule has 0 atom stereocenters. The average molecular weight is 534 g/mol. The minimum atomic E-state index is -0.471. The number of aromatic nitrogens is 3. The van der Waals surface area contributed by atoms with E-state index in [4.69, 9.17) is 27.9 Å². The molecular formula is C24H22Cl2FN5O2S. The van der Waals surface area contributed by atoms with Gasteiger partial charge in [0.25, 0.3) is 0 Å². The van der Waals surface area contributed by atoms with Crippen LogP contribution in [0.1, 0.15) is 24.7 Å². The largest absolute Gasteiger partial charge is 0.461 e. The third-order valence-corrected chi connectivity index (χ3v) is 6.89. The number of rotatable bonds is 8. The molecule has 2 aromatic carbocycles. The summed E-state index contributed by atoms with van der Waals surface area (Å²) < 4.78 is 25.7. The van der Waals surface area contributed by atoms with Crippen molar-refractivity contribution in [2.45, 2.75) is 31.8 Å². The Hall–Kier alpha value is -3.01. The third-order valence-electron chi connectivity index (χ3n) is 5.25. The molecule has 0 saturated carbocycles. The first-order chi connectivity index (χ1) is 16.8. The van der Waals surface area contributed by atoms with Crippen molar-refractivity contribution in [3.05, 3.63) is 70.0 Å². The molecule has 4 rings (SSSR count). The van der Waals surface area contributed by atoms with Crippen LogP contribution in [-0.4, -0.2) is 27.4 Å². The van der Waals surface area contributed by atoms with Crippen molar-refractivity contribution in [2.75, 3.05) is 17.1 Å². The maximum atomic E-state index is 15.7. The van der Waals surface area contributed by atoms with Crippen LogP contribution in [0, 0.1) is 12.7 Å². The van der Waals surface area contributed by atoms with Gasteiger partial charge in [0.2, 0.25) is 0 Å². The van der Waals surface area contributed by atoms with E-state index < -0.39 is 5.82 Å². The first-order valence-corrected chi connectivity index (χ1v) is 12.3. The quantitative estimate of drug-likeness (QED) is 0.191. The van der Waals surface area contributed by atoms with Gasteiger partial charge in [-0.1, -0.05) is 36.2 Å². The summed E-state index contributed by atoms with van der Waals surface area (Å²) >= 11 is 13.9. The van der Waals surface area contributed by atoms with E-state index >= 15 is 4.39 Å². The molecule has 0 bridgehead atoms. The zero-order chi connectivity index (χ0) is 25.1. The molecule has 2 aromatic heterocycles. The van der Waals surface area contributed by atoms with Gasteiger partial charge >= 0.3 is 5.97 Å². The van der Waals surface area contributed by atoms with E-state index in [0.717, 1.165) is 11.9 Å². The van der Waals surface area contributed by atoms with Gasteiger partial charge in [0.1, 0.15) is 23.6 Å². The summed E-state index contributed by atoms with van der Waals surface area (Å²) in [5, 5.41) is 3.83. The minimum Gasteiger partial charge on any atom is -0.461 e. The van der Waals surface area contributed by atoms with Gasteiger partial charge < -0.3 is 14.8 Å². The molecule has 4 aromatic rings. The molecular weight excluding hydrogens is 512 g/mol. The molecule has 0 saturated heterocycles. The molecule has 0 radical (unpaired) electrons. The lowest BCUT2D eigenvalue weighted by atomic mass is 10.1. The van der Waals surface area contributed by atoms with Crippen molar-refractivity contribution in [1.29, 1.82) is 0 Å². The van der Waals surface area contributed by atoms with Crippen molar-refractivity contribution in [2.24, 2.45) is 0 Å². The Balaban J connectivity index is 1.64. The predicted octanol–water partition coefficient (Wildman–Crippen LogP) is 6.76. The molecule has 2 N–H and O–H groups in total. The van der Waals surface area contributed by atoms with Crippen LogP contribution in [-0.2, 0) is 16.1 Å². The predicted molar refractivity (Wildman–Crippen MR) is 139 cm³/mol. The van der Waals surface area contributed by atoms with Crippen molar-refractivity contribution < 1.29 is 13.9 Å². The van der Waals surface area contributed by atoms with Gasteiger partial charge in [-0.15, -0.1) is 0 Å². The van der Waals surface area contributed by atoms with E-state index in [1.54, 1.807) is 56.7 Å². The summed E-state index contributed by atoms with van der Waals surface area (Å²) in [6.45, 7) is 3.56. The number of imidazole rings is 1. The molecule has 0 aliphatic rings. The summed E-state index contributed by atoms with van der Waals surface area (Å²) in [5.74, 6) is 0.493. The van der Waals surface area contributed by atoms with Gasteiger partial charge in [-0.05, 0) is 43.1 Å². The molecule has 35 heavy (non-hydrogen) atoms. The maximum Gasteiger partial charge on any atom is 0.305 e. The number of nitrogens with zero attached hydrogens (tertiary/aromatic N) is 3. The second kappa shape index (κ2) is 10.7. The van der Waals surface area contributed by atoms with E-state index in [1.807, 2.05) is 11.3 Å². The monoisotopic (exact) mass is 533 g/mol. The summed E-state index contributed by atoms with van der Waals surface area (Å²) in [7, 11) is 1.76. The van der Waals surface area contributed by atoms with Gasteiger partial charge in [-0.25, -0.2) is 14.4 Å². The van der Waals surface area contributed by atoms with Gasteiger partial charge in [-0.2, -0.15) is 0 Å². The fourth-order valence-electron chi connectivity index (χ4n) is 3.52. The lowest BCUT2D eigenvalue weighted by Gasteiger charge is -2.13. The standard InChI is InChI=1S/C24H22Cl2FN5O2S/c1-4-19(33)34-12-14-10-15(25)11-18(20(14)26)35-31-17-7-5-6-16(21(17)27)22-23-24(28-3)29-8-9-32(23)13(2)30-22/h5-11,31H,4,12H2,1-3H3,(H,28,29). The average Bonchev–Trinajstić information content (AvgIpc) is 3.20. The fraction of sp³-hybridized carbons (Fsp3) is 0.208. The molecule has 2 heterocycles. The second-order valence-corrected chi connectivity index (χ2v) is 9.18. The SMILES string of the molecule is CCC(=O)OCc1cc(Cl)cc(SNc2cccc(-c3nc(C)n4ccnc(NC)c34)c2F)c1Cl. The van der Waals surface area contributed by atoms with Gasteiger partial charge in [0.05, 0.1) is 10.7 Å². The van der Waals surface area contributed by atoms with Gasteiger partial charge in [-0.3, -0.25) is 9.20 Å². The number of hydrogen-bond donors (Lipinski definition) is 2. The minimum absolute atomic E-state index is 0.00193. The van der Waals surface area contributed by atoms with Crippen LogP contribution in [0.5, 0.6) is 0 Å². The third kappa shape index (κ3) is 5.17. The van der Waals surface area contributed by atoms with Crippen LogP contribution in [0.15, 0.2) is 47.6 Å². The lowest BCUT2D eigenvalue weighted by molar-refractivity contribution is -0.144. The molecule has 0 spiro atoms. The zero-order valence-corrected chi connectivity index (χ0v) is 21.5. The number of nitrogens with one attached hydrogen (secondary N) is 2. The highest BCUT2D eigenvalue weighted by molar-refractivity contribution is 8.00. The highest BCUT2D eigenvalue weighted by atomic mass is 35.5. The Bertz CT molecular complexity index is 1410. The Labute approximate surface area is 216 Å². The van der Waals surface area contributed by atoms with Crippen molar-refractivity contribution in [3.63, 3.8) is 0 Å². The van der Waals surface area contributed by atoms with Crippen molar-refractivity contribution in [1.82, 2.24) is 14.4 Å². The number of halogens is 3. The smallest absolute Gasteiger partial charge is 0.305 e. The Kier molecular flexibility index (Phi) is 7.69. The van der Waals surface area contributed by atoms with E-state index in [-0.39, 0.29) is 24.7 Å². The number of anilines is 2. The number of ether oxygens (including phenoxy) is 1. The number of benzene rings is 2. The first kappa shape index (κ1) is 25.1. The van der Waals surface area contributed by atoms with Gasteiger partial charge in [0, 0.05) is 46.9 Å². The van der Waals surface area contributed by atoms with Crippen molar-refractivity contribution in [3.8, 4) is 11.3 Å². The molecule has 0 unspecified atom stereocenters. The highest BCUT2D eigenvalue weighted by Crippen LogP contribution is 2.37. The number of aryl methyl sites for hydroxylation is 1. The summed E-state index contributed by atoms with van der Waals surface area (Å²) in [6, 6.07) is 8.33. The molecule has 0 fully saturated rings. The number of hydrogen-bond acceptors (Lipinski definition) is 7. The van der Waals surface area contributed by atoms with Crippen LogP contribution < -0.4 is 10.0 Å². The Morgan fingerprint density at radius 2 is 2.09 bits per heavy atom. The van der Waals surface area contributed by atoms with Crippen LogP contribution in [0.25, 0.3) is 16.8 Å². The number of fused-ring (bicyclic) bond motifs is 1. The second-order valence-electron chi connectivity index (χ2n) is 7.51. The molecule has 0 amide bonds. The summed E-state index contributed by atoms with van der Waals surface area (Å²) in [6.07, 6.45) is 3.71. The molecule has 0 aliphatic carbocycles. The molecule has 0 aliphatic heterocycles. The molecule has 182 valence electrons. The molecule has 11 heteroatoms. The highest BCUT2D eigenvalue weighted by Gasteiger charge is 2.20. The number of esters is 1. The van der Waals surface area contributed by atoms with Crippen LogP contribution in [0.3, 0.4) is 0 Å². The normalized spacial score (nSPS) is 11.0. The topological polar surface area (TPSA) is 80.5 Å². The zero-order valence-electron chi connectivity index (χ0n) is 19.2. The summed E-state index contributed by atoms with van der Waals surface area (Å²) in [5.41, 5.74) is 2.30. The fourth-order valence-corrected chi connectivity index (χ4v) is 4.89. The van der Waals surface area contributed by atoms with E-state index in [9.17, 15) is 4.79 Å². The first-order valence-electron chi connectivity index (χ1n) is 10.7. The Morgan fingerprint density at radius 3 is 2.83 bits per heavy atom. The van der Waals surface area contributed by atoms with E-state index in [2.05, 4.69) is 20.0 Å². The summed E-state index contributed by atoms with van der Waals surface area (Å²) in [4.78, 5) is 21.0. The lowest BCUT2D eigenvalue weighted by Crippen LogP contribution is -2.03. The Morgan fingerprint density at radius 1 is 1.29 bits per heavy atom. The van der Waals surface area contributed by atoms with Crippen LogP contribution >= 0.6 is 35.1 Å². The van der Waals surface area contributed by atoms with Crippen LogP contribution in [0.4, 0.5) is 15.9 Å². The van der Waals surface area contributed by atoms with Crippen molar-refractivity contribution >= 4 is 58.1 Å². The molecule has 7 nitrogen and oxygen atoms in total.